The normalized spacial score (nSPS) is 11.6. The fourth-order valence-corrected chi connectivity index (χ4v) is 2.62. The largest absolute Gasteiger partial charge is 0.481 e. The van der Waals surface area contributed by atoms with Crippen LogP contribution in [-0.2, 0) is 6.54 Å². The van der Waals surface area contributed by atoms with Gasteiger partial charge in [0.05, 0.1) is 19.3 Å². The van der Waals surface area contributed by atoms with Gasteiger partial charge in [-0.1, -0.05) is 32.8 Å². The Morgan fingerprint density at radius 1 is 1.20 bits per heavy atom. The molecule has 0 aliphatic heterocycles. The summed E-state index contributed by atoms with van der Waals surface area (Å²) in [5.74, 6) is 1.30. The molecule has 0 bridgehead atoms. The molecule has 0 atom stereocenters. The van der Waals surface area contributed by atoms with Crippen molar-refractivity contribution in [3.63, 3.8) is 0 Å². The monoisotopic (exact) mass is 464 g/mol. The Bertz CT molecular complexity index is 488. The predicted octanol–water partition coefficient (Wildman–Crippen LogP) is 3.09. The number of halogens is 1. The maximum absolute atomic E-state index is 10.7. The molecule has 0 saturated carbocycles. The van der Waals surface area contributed by atoms with E-state index >= 15 is 0 Å². The van der Waals surface area contributed by atoms with E-state index in [-0.39, 0.29) is 24.0 Å². The molecule has 0 aromatic carbocycles. The number of aliphatic imine (C=N–C) groups is 1. The van der Waals surface area contributed by atoms with Gasteiger partial charge in [-0.25, -0.2) is 9.98 Å². The third-order valence-corrected chi connectivity index (χ3v) is 3.79. The first-order chi connectivity index (χ1) is 11.6. The van der Waals surface area contributed by atoms with Crippen molar-refractivity contribution in [2.75, 3.05) is 20.2 Å². The Kier molecular flexibility index (Phi) is 12.6. The van der Waals surface area contributed by atoms with Crippen molar-refractivity contribution >= 4 is 29.9 Å². The number of nitrogens with zero attached hydrogens (tertiary/aromatic N) is 2. The molecule has 6 nitrogen and oxygen atoms in total. The zero-order chi connectivity index (χ0) is 17.8. The topological polar surface area (TPSA) is 78.8 Å². The summed E-state index contributed by atoms with van der Waals surface area (Å²) in [5, 5.41) is 17.2. The number of aromatic nitrogens is 1. The van der Waals surface area contributed by atoms with Crippen molar-refractivity contribution in [2.24, 2.45) is 4.99 Å². The van der Waals surface area contributed by atoms with Crippen molar-refractivity contribution in [2.45, 2.75) is 58.6 Å². The van der Waals surface area contributed by atoms with Crippen LogP contribution in [0, 0.1) is 0 Å². The molecule has 1 rings (SSSR count). The number of hydrogen-bond acceptors (Lipinski definition) is 4. The molecular weight excluding hydrogens is 431 g/mol. The average molecular weight is 464 g/mol. The van der Waals surface area contributed by atoms with Crippen LogP contribution in [0.1, 0.15) is 52.0 Å². The van der Waals surface area contributed by atoms with E-state index in [4.69, 9.17) is 4.74 Å². The molecule has 0 unspecified atom stereocenters. The average Bonchev–Trinajstić information content (AvgIpc) is 2.58. The van der Waals surface area contributed by atoms with Crippen LogP contribution in [0.25, 0.3) is 0 Å². The second-order valence-electron chi connectivity index (χ2n) is 5.98. The zero-order valence-electron chi connectivity index (χ0n) is 15.8. The van der Waals surface area contributed by atoms with Gasteiger partial charge in [-0.05, 0) is 25.3 Å². The highest BCUT2D eigenvalue weighted by Gasteiger charge is 2.24. The van der Waals surface area contributed by atoms with Crippen LogP contribution in [0.15, 0.2) is 23.3 Å². The van der Waals surface area contributed by atoms with Gasteiger partial charge in [0.25, 0.3) is 0 Å². The molecule has 0 fully saturated rings. The molecule has 1 aromatic rings. The molecule has 0 aliphatic carbocycles. The van der Waals surface area contributed by atoms with Crippen molar-refractivity contribution in [1.82, 2.24) is 15.6 Å². The van der Waals surface area contributed by atoms with Crippen LogP contribution in [0.3, 0.4) is 0 Å². The van der Waals surface area contributed by atoms with Crippen molar-refractivity contribution in [3.8, 4) is 5.88 Å². The Labute approximate surface area is 168 Å². The molecule has 0 saturated heterocycles. The van der Waals surface area contributed by atoms with E-state index in [9.17, 15) is 5.11 Å². The summed E-state index contributed by atoms with van der Waals surface area (Å²) in [4.78, 5) is 8.75. The second-order valence-corrected chi connectivity index (χ2v) is 5.98. The highest BCUT2D eigenvalue weighted by Crippen LogP contribution is 2.18. The molecule has 0 spiro atoms. The number of pyridine rings is 1. The van der Waals surface area contributed by atoms with Gasteiger partial charge in [-0.15, -0.1) is 24.0 Å². The summed E-state index contributed by atoms with van der Waals surface area (Å²) < 4.78 is 5.06. The van der Waals surface area contributed by atoms with E-state index in [1.165, 1.54) is 0 Å². The quantitative estimate of drug-likeness (QED) is 0.282. The van der Waals surface area contributed by atoms with E-state index in [1.807, 2.05) is 19.1 Å². The molecule has 1 heterocycles. The fourth-order valence-electron chi connectivity index (χ4n) is 2.62. The third-order valence-electron chi connectivity index (χ3n) is 3.79. The lowest BCUT2D eigenvalue weighted by Crippen LogP contribution is -2.47. The Balaban J connectivity index is 0.00000576. The lowest BCUT2D eigenvalue weighted by atomic mass is 9.93. The van der Waals surface area contributed by atoms with Gasteiger partial charge in [0, 0.05) is 25.4 Å². The van der Waals surface area contributed by atoms with E-state index in [1.54, 1.807) is 13.3 Å². The summed E-state index contributed by atoms with van der Waals surface area (Å²) in [7, 11) is 1.60. The molecule has 0 radical (unpaired) electrons. The summed E-state index contributed by atoms with van der Waals surface area (Å²) in [5.41, 5.74) is 0.326. The van der Waals surface area contributed by atoms with E-state index in [0.29, 0.717) is 24.9 Å². The smallest absolute Gasteiger partial charge is 0.212 e. The van der Waals surface area contributed by atoms with Crippen LogP contribution in [0.4, 0.5) is 0 Å². The molecule has 1 aromatic heterocycles. The minimum Gasteiger partial charge on any atom is -0.481 e. The third kappa shape index (κ3) is 9.25. The van der Waals surface area contributed by atoms with Gasteiger partial charge in [0.1, 0.15) is 0 Å². The summed E-state index contributed by atoms with van der Waals surface area (Å²) in [6.07, 6.45) is 5.26. The van der Waals surface area contributed by atoms with Crippen LogP contribution >= 0.6 is 24.0 Å². The molecule has 25 heavy (non-hydrogen) atoms. The Morgan fingerprint density at radius 2 is 1.88 bits per heavy atom. The van der Waals surface area contributed by atoms with Crippen LogP contribution < -0.4 is 15.4 Å². The van der Waals surface area contributed by atoms with Gasteiger partial charge in [0.15, 0.2) is 5.96 Å². The van der Waals surface area contributed by atoms with E-state index in [2.05, 4.69) is 34.5 Å². The molecular formula is C18H33IN4O2. The Hall–Kier alpha value is -1.09. The fraction of sp³-hybridized carbons (Fsp3) is 0.667. The summed E-state index contributed by atoms with van der Waals surface area (Å²) >= 11 is 0. The molecule has 7 heteroatoms. The standard InChI is InChI=1S/C18H32N4O2.HI/c1-5-10-18(23,11-6-2)14-22-17(19-7-3)21-13-15-8-9-16(24-4)20-12-15;/h8-9,12,23H,5-7,10-11,13-14H2,1-4H3,(H2,19,21,22);1H. The number of rotatable bonds is 10. The minimum atomic E-state index is -0.679. The van der Waals surface area contributed by atoms with E-state index < -0.39 is 5.60 Å². The number of ether oxygens (including phenoxy) is 1. The highest BCUT2D eigenvalue weighted by molar-refractivity contribution is 14.0. The zero-order valence-corrected chi connectivity index (χ0v) is 18.2. The van der Waals surface area contributed by atoms with Gasteiger partial charge in [-0.2, -0.15) is 0 Å². The van der Waals surface area contributed by atoms with Gasteiger partial charge in [0.2, 0.25) is 5.88 Å². The first-order valence-electron chi connectivity index (χ1n) is 8.80. The number of hydrogen-bond donors (Lipinski definition) is 3. The van der Waals surface area contributed by atoms with Crippen LogP contribution in [-0.4, -0.2) is 41.9 Å². The Morgan fingerprint density at radius 3 is 2.36 bits per heavy atom. The van der Waals surface area contributed by atoms with Crippen LogP contribution in [0.5, 0.6) is 5.88 Å². The first kappa shape index (κ1) is 23.9. The van der Waals surface area contributed by atoms with Crippen LogP contribution in [0.2, 0.25) is 0 Å². The molecule has 3 N–H and O–H groups in total. The number of nitrogens with one attached hydrogen (secondary N) is 2. The van der Waals surface area contributed by atoms with Gasteiger partial charge >= 0.3 is 0 Å². The number of aliphatic hydroxyl groups is 1. The first-order valence-corrected chi connectivity index (χ1v) is 8.80. The maximum atomic E-state index is 10.7. The maximum Gasteiger partial charge on any atom is 0.212 e. The van der Waals surface area contributed by atoms with Gasteiger partial charge in [-0.3, -0.25) is 0 Å². The summed E-state index contributed by atoms with van der Waals surface area (Å²) in [6, 6.07) is 3.77. The minimum absolute atomic E-state index is 0. The molecule has 144 valence electrons. The summed E-state index contributed by atoms with van der Waals surface area (Å²) in [6.45, 7) is 8.00. The SMILES string of the molecule is CCCC(O)(CCC)CNC(=NCc1ccc(OC)nc1)NCC.I. The lowest BCUT2D eigenvalue weighted by Gasteiger charge is -2.28. The lowest BCUT2D eigenvalue weighted by molar-refractivity contribution is 0.0257. The van der Waals surface area contributed by atoms with E-state index in [0.717, 1.165) is 37.8 Å². The number of guanidine groups is 1. The second kappa shape index (κ2) is 13.2. The van der Waals surface area contributed by atoms with Crippen molar-refractivity contribution in [1.29, 1.82) is 0 Å². The molecule has 0 amide bonds. The number of methoxy groups -OCH3 is 1. The van der Waals surface area contributed by atoms with Gasteiger partial charge < -0.3 is 20.5 Å². The molecule has 0 aliphatic rings. The van der Waals surface area contributed by atoms with Crippen molar-refractivity contribution in [3.05, 3.63) is 23.9 Å². The predicted molar refractivity (Wildman–Crippen MR) is 114 cm³/mol. The highest BCUT2D eigenvalue weighted by atomic mass is 127. The van der Waals surface area contributed by atoms with Crippen molar-refractivity contribution < 1.29 is 9.84 Å².